The third-order valence-electron chi connectivity index (χ3n) is 6.35. The summed E-state index contributed by atoms with van der Waals surface area (Å²) in [6, 6.07) is 11.9. The molecule has 202 valence electrons. The first kappa shape index (κ1) is 28.4. The second kappa shape index (κ2) is 12.4. The van der Waals surface area contributed by atoms with Gasteiger partial charge in [-0.1, -0.05) is 44.2 Å². The summed E-state index contributed by atoms with van der Waals surface area (Å²) in [6.45, 7) is 5.37. The minimum Gasteiger partial charge on any atom is -0.461 e. The summed E-state index contributed by atoms with van der Waals surface area (Å²) < 4.78 is 17.1. The Labute approximate surface area is 218 Å². The molecule has 1 fully saturated rings. The fraction of sp³-hybridized carbons (Fsp3) is 0.423. The zero-order valence-corrected chi connectivity index (χ0v) is 21.1. The van der Waals surface area contributed by atoms with E-state index in [2.05, 4.69) is 0 Å². The van der Waals surface area contributed by atoms with Gasteiger partial charge in [0.1, 0.15) is 23.9 Å². The number of carbonyl (C=O) groups excluding carboxylic acids is 3. The lowest BCUT2D eigenvalue weighted by atomic mass is 9.79. The molecule has 0 unspecified atom stereocenters. The zero-order chi connectivity index (χ0) is 28.0. The van der Waals surface area contributed by atoms with Gasteiger partial charge in [0, 0.05) is 30.4 Å². The molecule has 0 aliphatic carbocycles. The van der Waals surface area contributed by atoms with E-state index in [-0.39, 0.29) is 24.7 Å². The summed E-state index contributed by atoms with van der Waals surface area (Å²) in [5.74, 6) is -4.14. The van der Waals surface area contributed by atoms with Crippen molar-refractivity contribution in [2.45, 2.75) is 46.0 Å². The van der Waals surface area contributed by atoms with Gasteiger partial charge in [-0.2, -0.15) is 0 Å². The number of Topliss-reactive ketones (excluding diaryl/α,β-unsaturated/α-hetero) is 1. The van der Waals surface area contributed by atoms with Crippen LogP contribution in [-0.2, 0) is 30.4 Å². The first-order valence-electron chi connectivity index (χ1n) is 11.9. The van der Waals surface area contributed by atoms with Crippen LogP contribution in [-0.4, -0.2) is 46.4 Å². The maximum absolute atomic E-state index is 13.0. The number of benzene rings is 2. The highest BCUT2D eigenvalue weighted by Crippen LogP contribution is 2.36. The van der Waals surface area contributed by atoms with Crippen molar-refractivity contribution in [3.63, 3.8) is 0 Å². The van der Waals surface area contributed by atoms with Gasteiger partial charge in [-0.25, -0.2) is 4.79 Å². The van der Waals surface area contributed by atoms with Gasteiger partial charge < -0.3 is 14.2 Å². The van der Waals surface area contributed by atoms with Crippen LogP contribution in [0.2, 0.25) is 0 Å². The molecule has 38 heavy (non-hydrogen) atoms. The predicted molar refractivity (Wildman–Crippen MR) is 132 cm³/mol. The standard InChI is InChI=1S/C26H28N2O10/c1-15(13-36-14-18-7-5-4-6-8-18)23-17(3)24(22(9-16(2)29)26(31)37-23)38-25(30)19-10-20(27(32)33)12-21(11-19)28(34)35/h4-8,10-12,15,17,22-24H,9,13-14H2,1-3H3/t15-,17+,22-,23+,24-/m0/s1. The highest BCUT2D eigenvalue weighted by atomic mass is 16.6. The summed E-state index contributed by atoms with van der Waals surface area (Å²) in [5, 5.41) is 22.4. The van der Waals surface area contributed by atoms with Crippen molar-refractivity contribution >= 4 is 29.1 Å². The van der Waals surface area contributed by atoms with E-state index in [1.54, 1.807) is 6.92 Å². The molecule has 0 bridgehead atoms. The molecule has 0 radical (unpaired) electrons. The van der Waals surface area contributed by atoms with Crippen LogP contribution in [0.4, 0.5) is 11.4 Å². The number of ketones is 1. The largest absolute Gasteiger partial charge is 0.461 e. The molecular formula is C26H28N2O10. The van der Waals surface area contributed by atoms with E-state index in [4.69, 9.17) is 14.2 Å². The molecule has 12 nitrogen and oxygen atoms in total. The third-order valence-corrected chi connectivity index (χ3v) is 6.35. The van der Waals surface area contributed by atoms with Crippen molar-refractivity contribution in [3.8, 4) is 0 Å². The Morgan fingerprint density at radius 2 is 1.66 bits per heavy atom. The Balaban J connectivity index is 1.81. The molecule has 1 aliphatic heterocycles. The Morgan fingerprint density at radius 3 is 2.21 bits per heavy atom. The van der Waals surface area contributed by atoms with E-state index in [0.29, 0.717) is 6.61 Å². The van der Waals surface area contributed by atoms with E-state index < -0.39 is 62.8 Å². The van der Waals surface area contributed by atoms with Gasteiger partial charge in [-0.15, -0.1) is 0 Å². The second-order valence-electron chi connectivity index (χ2n) is 9.37. The topological polar surface area (TPSA) is 165 Å². The highest BCUT2D eigenvalue weighted by Gasteiger charge is 2.48. The number of hydrogen-bond acceptors (Lipinski definition) is 10. The smallest absolute Gasteiger partial charge is 0.338 e. The monoisotopic (exact) mass is 528 g/mol. The van der Waals surface area contributed by atoms with Crippen LogP contribution in [0.25, 0.3) is 0 Å². The molecule has 0 amide bonds. The molecule has 1 heterocycles. The lowest BCUT2D eigenvalue weighted by Gasteiger charge is -2.41. The van der Waals surface area contributed by atoms with Gasteiger partial charge in [0.2, 0.25) is 0 Å². The first-order chi connectivity index (χ1) is 18.0. The Bertz CT molecular complexity index is 1180. The molecule has 12 heteroatoms. The van der Waals surface area contributed by atoms with E-state index in [9.17, 15) is 34.6 Å². The SMILES string of the molecule is CC(=O)C[C@@H]1C(=O)O[C@H]([C@@H](C)COCc2ccccc2)[C@@H](C)[C@@H]1OC(=O)c1cc([N+](=O)[O-])cc([N+](=O)[O-])c1. The number of nitro benzene ring substituents is 2. The van der Waals surface area contributed by atoms with Crippen molar-refractivity contribution in [3.05, 3.63) is 79.9 Å². The Hall–Kier alpha value is -4.19. The Morgan fingerprint density at radius 1 is 1.05 bits per heavy atom. The number of esters is 2. The summed E-state index contributed by atoms with van der Waals surface area (Å²) in [6.07, 6.45) is -2.09. The Kier molecular flexibility index (Phi) is 9.24. The van der Waals surface area contributed by atoms with Crippen LogP contribution in [0.15, 0.2) is 48.5 Å². The van der Waals surface area contributed by atoms with Crippen LogP contribution in [0, 0.1) is 38.0 Å². The molecule has 0 spiro atoms. The van der Waals surface area contributed by atoms with E-state index >= 15 is 0 Å². The van der Waals surface area contributed by atoms with Gasteiger partial charge in [-0.3, -0.25) is 29.8 Å². The molecule has 2 aromatic carbocycles. The molecule has 0 aromatic heterocycles. The predicted octanol–water partition coefficient (Wildman–Crippen LogP) is 4.04. The number of cyclic esters (lactones) is 1. The fourth-order valence-corrected chi connectivity index (χ4v) is 4.50. The third kappa shape index (κ3) is 6.97. The van der Waals surface area contributed by atoms with Crippen LogP contribution in [0.3, 0.4) is 0 Å². The van der Waals surface area contributed by atoms with E-state index in [1.165, 1.54) is 6.92 Å². The molecule has 1 aliphatic rings. The quantitative estimate of drug-likeness (QED) is 0.236. The van der Waals surface area contributed by atoms with Crippen LogP contribution >= 0.6 is 0 Å². The number of carbonyl (C=O) groups is 3. The van der Waals surface area contributed by atoms with Crippen molar-refractivity contribution in [1.82, 2.24) is 0 Å². The maximum atomic E-state index is 13.0. The molecular weight excluding hydrogens is 500 g/mol. The summed E-state index contributed by atoms with van der Waals surface area (Å²) in [5.41, 5.74) is -0.781. The number of rotatable bonds is 11. The molecule has 0 saturated carbocycles. The first-order valence-corrected chi connectivity index (χ1v) is 11.9. The van der Waals surface area contributed by atoms with Crippen molar-refractivity contribution in [1.29, 1.82) is 0 Å². The van der Waals surface area contributed by atoms with Crippen molar-refractivity contribution < 1.29 is 38.4 Å². The van der Waals surface area contributed by atoms with E-state index in [1.807, 2.05) is 37.3 Å². The zero-order valence-electron chi connectivity index (χ0n) is 21.1. The van der Waals surface area contributed by atoms with E-state index in [0.717, 1.165) is 23.8 Å². The summed E-state index contributed by atoms with van der Waals surface area (Å²) in [4.78, 5) is 58.5. The molecule has 2 aromatic rings. The molecule has 5 atom stereocenters. The minimum atomic E-state index is -1.12. The van der Waals surface area contributed by atoms with Gasteiger partial charge in [0.25, 0.3) is 11.4 Å². The average molecular weight is 529 g/mol. The average Bonchev–Trinajstić information content (AvgIpc) is 2.87. The van der Waals surface area contributed by atoms with Crippen LogP contribution in [0.1, 0.15) is 43.1 Å². The minimum absolute atomic E-state index is 0.228. The van der Waals surface area contributed by atoms with Crippen molar-refractivity contribution in [2.75, 3.05) is 6.61 Å². The van der Waals surface area contributed by atoms with Crippen molar-refractivity contribution in [2.24, 2.45) is 17.8 Å². The normalized spacial score (nSPS) is 21.7. The second-order valence-corrected chi connectivity index (χ2v) is 9.37. The maximum Gasteiger partial charge on any atom is 0.338 e. The highest BCUT2D eigenvalue weighted by molar-refractivity contribution is 5.92. The van der Waals surface area contributed by atoms with Gasteiger partial charge >= 0.3 is 11.9 Å². The number of non-ortho nitro benzene ring substituents is 2. The lowest BCUT2D eigenvalue weighted by Crippen LogP contribution is -2.52. The summed E-state index contributed by atoms with van der Waals surface area (Å²) >= 11 is 0. The number of nitro groups is 2. The molecule has 0 N–H and O–H groups in total. The summed E-state index contributed by atoms with van der Waals surface area (Å²) in [7, 11) is 0. The number of ether oxygens (including phenoxy) is 3. The van der Waals surface area contributed by atoms with Gasteiger partial charge in [-0.05, 0) is 12.5 Å². The van der Waals surface area contributed by atoms with Gasteiger partial charge in [0.15, 0.2) is 0 Å². The number of hydrogen-bond donors (Lipinski definition) is 0. The number of nitrogens with zero attached hydrogens (tertiary/aromatic N) is 2. The molecule has 3 rings (SSSR count). The lowest BCUT2D eigenvalue weighted by molar-refractivity contribution is -0.394. The van der Waals surface area contributed by atoms with Crippen LogP contribution < -0.4 is 0 Å². The fourth-order valence-electron chi connectivity index (χ4n) is 4.50. The molecule has 1 saturated heterocycles. The van der Waals surface area contributed by atoms with Gasteiger partial charge in [0.05, 0.1) is 34.7 Å². The van der Waals surface area contributed by atoms with Crippen LogP contribution in [0.5, 0.6) is 0 Å².